The highest BCUT2D eigenvalue weighted by Gasteiger charge is 1.93. The molecule has 0 fully saturated rings. The van der Waals surface area contributed by atoms with Crippen molar-refractivity contribution in [2.45, 2.75) is 6.92 Å². The summed E-state index contributed by atoms with van der Waals surface area (Å²) in [5.74, 6) is 0.775. The molecule has 0 aliphatic rings. The molecule has 0 spiro atoms. The molecule has 0 bridgehead atoms. The first-order valence-electron chi connectivity index (χ1n) is 3.96. The zero-order valence-corrected chi connectivity index (χ0v) is 7.82. The lowest BCUT2D eigenvalue weighted by atomic mass is 10.3. The second-order valence-electron chi connectivity index (χ2n) is 2.30. The number of hydrogen-bond acceptors (Lipinski definition) is 2. The Labute approximate surface area is 78.8 Å². The highest BCUT2D eigenvalue weighted by Crippen LogP contribution is 2.07. The smallest absolute Gasteiger partial charge is 0.167 e. The molecule has 0 saturated carbocycles. The Kier molecular flexibility index (Phi) is 6.24. The fourth-order valence-electron chi connectivity index (χ4n) is 0.702. The van der Waals surface area contributed by atoms with Crippen LogP contribution in [0.2, 0.25) is 0 Å². The molecule has 1 aromatic rings. The minimum Gasteiger partial charge on any atom is -0.486 e. The molecular formula is C11H14O2. The van der Waals surface area contributed by atoms with E-state index >= 15 is 0 Å². The minimum absolute atomic E-state index is 0.0360. The molecule has 0 saturated heterocycles. The Morgan fingerprint density at radius 2 is 1.85 bits per heavy atom. The SMILES string of the molecule is C=C.CC(=O)COc1ccccc1. The van der Waals surface area contributed by atoms with Gasteiger partial charge >= 0.3 is 0 Å². The number of Topliss-reactive ketones (excluding diaryl/α,β-unsaturated/α-hetero) is 1. The monoisotopic (exact) mass is 178 g/mol. The summed E-state index contributed by atoms with van der Waals surface area (Å²) in [5, 5.41) is 0. The fourth-order valence-corrected chi connectivity index (χ4v) is 0.702. The van der Waals surface area contributed by atoms with Crippen LogP contribution in [-0.2, 0) is 4.79 Å². The average Bonchev–Trinajstić information content (AvgIpc) is 2.19. The summed E-state index contributed by atoms with van der Waals surface area (Å²) < 4.78 is 5.12. The van der Waals surface area contributed by atoms with Crippen LogP contribution in [0.15, 0.2) is 43.5 Å². The predicted molar refractivity (Wildman–Crippen MR) is 53.9 cm³/mol. The van der Waals surface area contributed by atoms with Crippen LogP contribution in [0.25, 0.3) is 0 Å². The molecule has 0 aliphatic carbocycles. The largest absolute Gasteiger partial charge is 0.486 e. The van der Waals surface area contributed by atoms with Crippen LogP contribution < -0.4 is 4.74 Å². The van der Waals surface area contributed by atoms with Gasteiger partial charge in [-0.05, 0) is 19.1 Å². The molecule has 1 rings (SSSR count). The molecule has 0 unspecified atom stereocenters. The molecule has 0 N–H and O–H groups in total. The van der Waals surface area contributed by atoms with Crippen molar-refractivity contribution >= 4 is 5.78 Å². The molecule has 0 atom stereocenters. The number of benzene rings is 1. The van der Waals surface area contributed by atoms with E-state index in [1.807, 2.05) is 30.3 Å². The zero-order chi connectivity index (χ0) is 10.1. The fraction of sp³-hybridized carbons (Fsp3) is 0.182. The summed E-state index contributed by atoms with van der Waals surface area (Å²) in [6, 6.07) is 9.29. The van der Waals surface area contributed by atoms with Crippen molar-refractivity contribution < 1.29 is 9.53 Å². The summed E-state index contributed by atoms with van der Waals surface area (Å²) in [7, 11) is 0. The maximum Gasteiger partial charge on any atom is 0.167 e. The second kappa shape index (κ2) is 7.10. The molecule has 1 aromatic carbocycles. The van der Waals surface area contributed by atoms with E-state index in [-0.39, 0.29) is 12.4 Å². The van der Waals surface area contributed by atoms with Gasteiger partial charge in [0, 0.05) is 0 Å². The molecule has 0 aliphatic heterocycles. The topological polar surface area (TPSA) is 26.3 Å². The maximum absolute atomic E-state index is 10.5. The van der Waals surface area contributed by atoms with Crippen LogP contribution in [0.1, 0.15) is 6.92 Å². The van der Waals surface area contributed by atoms with Crippen molar-refractivity contribution in [3.8, 4) is 5.75 Å². The van der Waals surface area contributed by atoms with Gasteiger partial charge in [-0.25, -0.2) is 0 Å². The van der Waals surface area contributed by atoms with Gasteiger partial charge < -0.3 is 4.74 Å². The Hall–Kier alpha value is -1.57. The van der Waals surface area contributed by atoms with E-state index in [9.17, 15) is 4.79 Å². The first-order valence-corrected chi connectivity index (χ1v) is 3.96. The molecule has 13 heavy (non-hydrogen) atoms. The van der Waals surface area contributed by atoms with Crippen molar-refractivity contribution in [1.29, 1.82) is 0 Å². The van der Waals surface area contributed by atoms with Crippen molar-refractivity contribution in [2.24, 2.45) is 0 Å². The number of carbonyl (C=O) groups excluding carboxylic acids is 1. The van der Waals surface area contributed by atoms with Crippen molar-refractivity contribution in [1.82, 2.24) is 0 Å². The first kappa shape index (κ1) is 11.4. The number of ketones is 1. The predicted octanol–water partition coefficient (Wildman–Crippen LogP) is 2.46. The molecule has 2 heteroatoms. The van der Waals surface area contributed by atoms with E-state index in [4.69, 9.17) is 4.74 Å². The van der Waals surface area contributed by atoms with Gasteiger partial charge in [0.1, 0.15) is 12.4 Å². The number of rotatable bonds is 3. The number of ether oxygens (including phenoxy) is 1. The highest BCUT2D eigenvalue weighted by molar-refractivity contribution is 5.77. The molecule has 70 valence electrons. The van der Waals surface area contributed by atoms with E-state index in [1.165, 1.54) is 6.92 Å². The Balaban J connectivity index is 0.000000671. The lowest BCUT2D eigenvalue weighted by Crippen LogP contribution is -2.06. The standard InChI is InChI=1S/C9H10O2.C2H4/c1-8(10)7-11-9-5-3-2-4-6-9;1-2/h2-6H,7H2,1H3;1-2H2. The van der Waals surface area contributed by atoms with E-state index in [0.29, 0.717) is 0 Å². The number of para-hydroxylation sites is 1. The third kappa shape index (κ3) is 5.67. The normalized spacial score (nSPS) is 8.08. The van der Waals surface area contributed by atoms with Crippen LogP contribution in [0.4, 0.5) is 0 Å². The lowest BCUT2D eigenvalue weighted by molar-refractivity contribution is -0.118. The number of hydrogen-bond donors (Lipinski definition) is 0. The van der Waals surface area contributed by atoms with E-state index < -0.39 is 0 Å². The van der Waals surface area contributed by atoms with Crippen LogP contribution in [-0.4, -0.2) is 12.4 Å². The van der Waals surface area contributed by atoms with Crippen molar-refractivity contribution in [3.63, 3.8) is 0 Å². The molecule has 0 amide bonds. The van der Waals surface area contributed by atoms with Crippen LogP contribution in [0.5, 0.6) is 5.75 Å². The van der Waals surface area contributed by atoms with Gasteiger partial charge in [-0.15, -0.1) is 13.2 Å². The minimum atomic E-state index is 0.0360. The Morgan fingerprint density at radius 1 is 1.31 bits per heavy atom. The lowest BCUT2D eigenvalue weighted by Gasteiger charge is -2.01. The van der Waals surface area contributed by atoms with E-state index in [1.54, 1.807) is 0 Å². The quantitative estimate of drug-likeness (QED) is 0.664. The summed E-state index contributed by atoms with van der Waals surface area (Å²) in [5.41, 5.74) is 0. The summed E-state index contributed by atoms with van der Waals surface area (Å²) >= 11 is 0. The Morgan fingerprint density at radius 3 is 2.31 bits per heavy atom. The number of carbonyl (C=O) groups is 1. The third-order valence-electron chi connectivity index (χ3n) is 1.19. The van der Waals surface area contributed by atoms with E-state index in [0.717, 1.165) is 5.75 Å². The van der Waals surface area contributed by atoms with Gasteiger partial charge in [0.05, 0.1) is 0 Å². The van der Waals surface area contributed by atoms with Crippen LogP contribution >= 0.6 is 0 Å². The maximum atomic E-state index is 10.5. The molecule has 0 radical (unpaired) electrons. The van der Waals surface area contributed by atoms with Crippen LogP contribution in [0.3, 0.4) is 0 Å². The average molecular weight is 178 g/mol. The van der Waals surface area contributed by atoms with Gasteiger partial charge in [-0.2, -0.15) is 0 Å². The van der Waals surface area contributed by atoms with Gasteiger partial charge in [0.15, 0.2) is 5.78 Å². The van der Waals surface area contributed by atoms with Gasteiger partial charge in [-0.3, -0.25) is 4.79 Å². The first-order chi connectivity index (χ1) is 6.29. The second-order valence-corrected chi connectivity index (χ2v) is 2.30. The molecular weight excluding hydrogens is 164 g/mol. The Bertz CT molecular complexity index is 242. The molecule has 0 heterocycles. The summed E-state index contributed by atoms with van der Waals surface area (Å²) in [6.45, 7) is 7.66. The zero-order valence-electron chi connectivity index (χ0n) is 7.82. The third-order valence-corrected chi connectivity index (χ3v) is 1.19. The van der Waals surface area contributed by atoms with Crippen molar-refractivity contribution in [2.75, 3.05) is 6.61 Å². The van der Waals surface area contributed by atoms with Gasteiger partial charge in [-0.1, -0.05) is 18.2 Å². The van der Waals surface area contributed by atoms with Gasteiger partial charge in [0.25, 0.3) is 0 Å². The summed E-state index contributed by atoms with van der Waals surface area (Å²) in [6.07, 6.45) is 0. The molecule has 0 aromatic heterocycles. The summed E-state index contributed by atoms with van der Waals surface area (Å²) in [4.78, 5) is 10.5. The van der Waals surface area contributed by atoms with Crippen molar-refractivity contribution in [3.05, 3.63) is 43.5 Å². The highest BCUT2D eigenvalue weighted by atomic mass is 16.5. The van der Waals surface area contributed by atoms with Crippen LogP contribution in [0, 0.1) is 0 Å². The molecule has 2 nitrogen and oxygen atoms in total. The van der Waals surface area contributed by atoms with Gasteiger partial charge in [0.2, 0.25) is 0 Å². The van der Waals surface area contributed by atoms with E-state index in [2.05, 4.69) is 13.2 Å².